The number of carbonyl (C=O) groups is 1. The highest BCUT2D eigenvalue weighted by Crippen LogP contribution is 2.27. The van der Waals surface area contributed by atoms with Crippen LogP contribution in [0, 0.1) is 5.82 Å². The fourth-order valence-electron chi connectivity index (χ4n) is 1.75. The second-order valence-corrected chi connectivity index (χ2v) is 6.43. The standard InChI is InChI=1S/C16H15BrFNOS/c17-14-6-1-2-7-15(14)21-9-8-16(20)19-11-12-4-3-5-13(18)10-12/h1-7,10H,8-9,11H2,(H,19,20). The summed E-state index contributed by atoms with van der Waals surface area (Å²) in [5.74, 6) is 0.391. The first-order valence-electron chi connectivity index (χ1n) is 6.53. The Balaban J connectivity index is 1.72. The van der Waals surface area contributed by atoms with Crippen LogP contribution in [0.3, 0.4) is 0 Å². The first-order chi connectivity index (χ1) is 10.1. The molecule has 2 rings (SSSR count). The minimum atomic E-state index is -0.286. The molecule has 21 heavy (non-hydrogen) atoms. The van der Waals surface area contributed by atoms with Crippen LogP contribution in [0.2, 0.25) is 0 Å². The van der Waals surface area contributed by atoms with E-state index >= 15 is 0 Å². The van der Waals surface area contributed by atoms with Gasteiger partial charge in [0, 0.05) is 28.1 Å². The van der Waals surface area contributed by atoms with Gasteiger partial charge in [0.15, 0.2) is 0 Å². The van der Waals surface area contributed by atoms with E-state index in [-0.39, 0.29) is 11.7 Å². The van der Waals surface area contributed by atoms with Crippen molar-refractivity contribution in [1.82, 2.24) is 5.32 Å². The van der Waals surface area contributed by atoms with Crippen LogP contribution in [0.4, 0.5) is 4.39 Å². The van der Waals surface area contributed by atoms with Gasteiger partial charge in [-0.2, -0.15) is 0 Å². The van der Waals surface area contributed by atoms with Crippen LogP contribution in [-0.4, -0.2) is 11.7 Å². The molecule has 2 aromatic carbocycles. The van der Waals surface area contributed by atoms with Gasteiger partial charge >= 0.3 is 0 Å². The van der Waals surface area contributed by atoms with Gasteiger partial charge in [-0.1, -0.05) is 24.3 Å². The minimum absolute atomic E-state index is 0.0289. The molecule has 0 aliphatic rings. The maximum Gasteiger partial charge on any atom is 0.221 e. The lowest BCUT2D eigenvalue weighted by atomic mass is 10.2. The summed E-state index contributed by atoms with van der Waals surface area (Å²) >= 11 is 5.11. The minimum Gasteiger partial charge on any atom is -0.352 e. The molecule has 0 saturated heterocycles. The van der Waals surface area contributed by atoms with Gasteiger partial charge in [-0.3, -0.25) is 4.79 Å². The topological polar surface area (TPSA) is 29.1 Å². The van der Waals surface area contributed by atoms with E-state index in [1.54, 1.807) is 23.9 Å². The Labute approximate surface area is 136 Å². The van der Waals surface area contributed by atoms with E-state index in [1.165, 1.54) is 12.1 Å². The number of halogens is 2. The van der Waals surface area contributed by atoms with E-state index in [0.29, 0.717) is 18.7 Å². The van der Waals surface area contributed by atoms with Crippen LogP contribution in [-0.2, 0) is 11.3 Å². The van der Waals surface area contributed by atoms with Crippen LogP contribution in [0.1, 0.15) is 12.0 Å². The fraction of sp³-hybridized carbons (Fsp3) is 0.188. The number of amides is 1. The Kier molecular flexibility index (Phi) is 6.26. The summed E-state index contributed by atoms with van der Waals surface area (Å²) in [5.41, 5.74) is 0.766. The van der Waals surface area contributed by atoms with Crippen molar-refractivity contribution in [3.63, 3.8) is 0 Å². The fourth-order valence-corrected chi connectivity index (χ4v) is 3.27. The van der Waals surface area contributed by atoms with Crippen molar-refractivity contribution in [2.45, 2.75) is 17.9 Å². The first kappa shape index (κ1) is 16.0. The van der Waals surface area contributed by atoms with Gasteiger partial charge in [-0.15, -0.1) is 11.8 Å². The van der Waals surface area contributed by atoms with Gasteiger partial charge in [0.1, 0.15) is 5.82 Å². The van der Waals surface area contributed by atoms with Crippen LogP contribution >= 0.6 is 27.7 Å². The van der Waals surface area contributed by atoms with E-state index in [1.807, 2.05) is 24.3 Å². The third kappa shape index (κ3) is 5.52. The van der Waals surface area contributed by atoms with Crippen molar-refractivity contribution in [3.8, 4) is 0 Å². The van der Waals surface area contributed by atoms with E-state index in [0.717, 1.165) is 14.9 Å². The molecule has 0 radical (unpaired) electrons. The molecule has 0 atom stereocenters. The summed E-state index contributed by atoms with van der Waals surface area (Å²) in [6.45, 7) is 0.357. The first-order valence-corrected chi connectivity index (χ1v) is 8.31. The van der Waals surface area contributed by atoms with Crippen molar-refractivity contribution in [1.29, 1.82) is 0 Å². The summed E-state index contributed by atoms with van der Waals surface area (Å²) in [6.07, 6.45) is 0.432. The molecule has 0 heterocycles. The second kappa shape index (κ2) is 8.20. The predicted molar refractivity (Wildman–Crippen MR) is 87.7 cm³/mol. The SMILES string of the molecule is O=C(CCSc1ccccc1Br)NCc1cccc(F)c1. The number of thioether (sulfide) groups is 1. The lowest BCUT2D eigenvalue weighted by Crippen LogP contribution is -2.23. The number of nitrogens with one attached hydrogen (secondary N) is 1. The Hall–Kier alpha value is -1.33. The maximum absolute atomic E-state index is 13.0. The predicted octanol–water partition coefficient (Wildman–Crippen LogP) is 4.39. The van der Waals surface area contributed by atoms with Gasteiger partial charge in [0.05, 0.1) is 0 Å². The molecule has 2 aromatic rings. The molecular formula is C16H15BrFNOS. The lowest BCUT2D eigenvalue weighted by molar-refractivity contribution is -0.120. The maximum atomic E-state index is 13.0. The monoisotopic (exact) mass is 367 g/mol. The van der Waals surface area contributed by atoms with E-state index in [2.05, 4.69) is 21.2 Å². The highest BCUT2D eigenvalue weighted by molar-refractivity contribution is 9.10. The normalized spacial score (nSPS) is 10.4. The molecule has 0 fully saturated rings. The average Bonchev–Trinajstić information content (AvgIpc) is 2.47. The summed E-state index contributed by atoms with van der Waals surface area (Å²) in [7, 11) is 0. The molecule has 1 amide bonds. The zero-order chi connectivity index (χ0) is 15.1. The molecule has 0 bridgehead atoms. The molecule has 0 aliphatic carbocycles. The van der Waals surface area contributed by atoms with Gasteiger partial charge in [0.2, 0.25) is 5.91 Å². The molecule has 0 aliphatic heterocycles. The number of benzene rings is 2. The molecular weight excluding hydrogens is 353 g/mol. The third-order valence-electron chi connectivity index (χ3n) is 2.80. The second-order valence-electron chi connectivity index (χ2n) is 4.44. The van der Waals surface area contributed by atoms with E-state index in [4.69, 9.17) is 0 Å². The van der Waals surface area contributed by atoms with E-state index in [9.17, 15) is 9.18 Å². The molecule has 110 valence electrons. The van der Waals surface area contributed by atoms with Gasteiger partial charge in [0.25, 0.3) is 0 Å². The van der Waals surface area contributed by atoms with Gasteiger partial charge in [-0.25, -0.2) is 4.39 Å². The Bertz CT molecular complexity index is 621. The summed E-state index contributed by atoms with van der Waals surface area (Å²) in [6, 6.07) is 14.2. The largest absolute Gasteiger partial charge is 0.352 e. The van der Waals surface area contributed by atoms with Gasteiger partial charge in [-0.05, 0) is 45.8 Å². The summed E-state index contributed by atoms with van der Waals surface area (Å²) in [5, 5.41) is 2.80. The highest BCUT2D eigenvalue weighted by Gasteiger charge is 2.04. The number of hydrogen-bond acceptors (Lipinski definition) is 2. The third-order valence-corrected chi connectivity index (χ3v) is 4.83. The average molecular weight is 368 g/mol. The number of carbonyl (C=O) groups excluding carboxylic acids is 1. The van der Waals surface area contributed by atoms with Crippen LogP contribution in [0.5, 0.6) is 0 Å². The molecule has 0 saturated carbocycles. The molecule has 0 unspecified atom stereocenters. The van der Waals surface area contributed by atoms with Crippen molar-refractivity contribution in [2.24, 2.45) is 0 Å². The summed E-state index contributed by atoms with van der Waals surface area (Å²) in [4.78, 5) is 12.9. The molecule has 5 heteroatoms. The quantitative estimate of drug-likeness (QED) is 0.767. The zero-order valence-electron chi connectivity index (χ0n) is 11.3. The number of hydrogen-bond donors (Lipinski definition) is 1. The van der Waals surface area contributed by atoms with Crippen LogP contribution < -0.4 is 5.32 Å². The van der Waals surface area contributed by atoms with Crippen LogP contribution in [0.15, 0.2) is 57.9 Å². The Morgan fingerprint density at radius 3 is 2.76 bits per heavy atom. The van der Waals surface area contributed by atoms with E-state index < -0.39 is 0 Å². The van der Waals surface area contributed by atoms with Crippen LogP contribution in [0.25, 0.3) is 0 Å². The molecule has 1 N–H and O–H groups in total. The van der Waals surface area contributed by atoms with Crippen molar-refractivity contribution in [3.05, 3.63) is 64.4 Å². The highest BCUT2D eigenvalue weighted by atomic mass is 79.9. The van der Waals surface area contributed by atoms with Crippen molar-refractivity contribution < 1.29 is 9.18 Å². The van der Waals surface area contributed by atoms with Crippen molar-refractivity contribution >= 4 is 33.6 Å². The Morgan fingerprint density at radius 1 is 1.19 bits per heavy atom. The molecule has 0 aromatic heterocycles. The summed E-state index contributed by atoms with van der Waals surface area (Å²) < 4.78 is 14.0. The van der Waals surface area contributed by atoms with Gasteiger partial charge < -0.3 is 5.32 Å². The molecule has 2 nitrogen and oxygen atoms in total. The van der Waals surface area contributed by atoms with Crippen molar-refractivity contribution in [2.75, 3.05) is 5.75 Å². The smallest absolute Gasteiger partial charge is 0.221 e. The number of rotatable bonds is 6. The lowest BCUT2D eigenvalue weighted by Gasteiger charge is -2.06. The Morgan fingerprint density at radius 2 is 2.00 bits per heavy atom. The zero-order valence-corrected chi connectivity index (χ0v) is 13.7. The molecule has 0 spiro atoms.